The molecule has 0 aliphatic carbocycles. The average Bonchev–Trinajstić information content (AvgIpc) is 3.06. The molecule has 7 heteroatoms. The summed E-state index contributed by atoms with van der Waals surface area (Å²) in [5.74, 6) is -0.764. The standard InChI is InChI=1S/C19H18N2O4S/c1-10-8-13(9-16-17(22)20-19(24)26-16)12(3)21(10)15-7-5-6-14(11(15)2)18(23)25-4/h5-9H,1-4H3,(H,20,22,24)/b16-9-. The smallest absolute Gasteiger partial charge is 0.338 e. The van der Waals surface area contributed by atoms with E-state index >= 15 is 0 Å². The molecule has 0 atom stereocenters. The molecular formula is C19H18N2O4S. The summed E-state index contributed by atoms with van der Waals surface area (Å²) in [6, 6.07) is 7.42. The molecule has 1 N–H and O–H groups in total. The molecule has 1 fully saturated rings. The highest BCUT2D eigenvalue weighted by atomic mass is 32.2. The van der Waals surface area contributed by atoms with Crippen molar-refractivity contribution in [1.82, 2.24) is 9.88 Å². The number of nitrogens with one attached hydrogen (secondary N) is 1. The number of nitrogens with zero attached hydrogens (tertiary/aromatic N) is 1. The number of imide groups is 1. The van der Waals surface area contributed by atoms with E-state index in [0.717, 1.165) is 40.0 Å². The van der Waals surface area contributed by atoms with Gasteiger partial charge in [0.15, 0.2) is 0 Å². The van der Waals surface area contributed by atoms with Gasteiger partial charge in [-0.2, -0.15) is 0 Å². The van der Waals surface area contributed by atoms with Gasteiger partial charge in [-0.1, -0.05) is 6.07 Å². The van der Waals surface area contributed by atoms with E-state index in [1.807, 2.05) is 43.5 Å². The van der Waals surface area contributed by atoms with Gasteiger partial charge in [-0.3, -0.25) is 14.9 Å². The van der Waals surface area contributed by atoms with Gasteiger partial charge in [0, 0.05) is 17.1 Å². The maximum atomic E-state index is 12.0. The molecule has 2 heterocycles. The number of benzene rings is 1. The molecule has 1 aliphatic rings. The van der Waals surface area contributed by atoms with Gasteiger partial charge in [0.1, 0.15) is 0 Å². The van der Waals surface area contributed by atoms with Gasteiger partial charge < -0.3 is 9.30 Å². The van der Waals surface area contributed by atoms with E-state index < -0.39 is 0 Å². The van der Waals surface area contributed by atoms with Crippen molar-refractivity contribution in [2.75, 3.05) is 7.11 Å². The molecule has 0 spiro atoms. The molecule has 1 saturated heterocycles. The summed E-state index contributed by atoms with van der Waals surface area (Å²) in [5.41, 5.74) is 4.89. The van der Waals surface area contributed by atoms with E-state index in [9.17, 15) is 14.4 Å². The third-order valence-electron chi connectivity index (χ3n) is 4.35. The topological polar surface area (TPSA) is 77.4 Å². The highest BCUT2D eigenvalue weighted by Gasteiger charge is 2.26. The van der Waals surface area contributed by atoms with Gasteiger partial charge in [0.25, 0.3) is 11.1 Å². The van der Waals surface area contributed by atoms with Crippen LogP contribution in [0.3, 0.4) is 0 Å². The number of hydrogen-bond donors (Lipinski definition) is 1. The molecule has 0 bridgehead atoms. The Labute approximate surface area is 155 Å². The lowest BCUT2D eigenvalue weighted by Gasteiger charge is -2.15. The molecular weight excluding hydrogens is 352 g/mol. The number of thioether (sulfide) groups is 1. The highest BCUT2D eigenvalue weighted by molar-refractivity contribution is 8.18. The Hall–Kier alpha value is -2.80. The zero-order chi connectivity index (χ0) is 19.0. The van der Waals surface area contributed by atoms with Crippen LogP contribution in [-0.2, 0) is 9.53 Å². The molecule has 0 saturated carbocycles. The second-order valence-electron chi connectivity index (χ2n) is 5.96. The van der Waals surface area contributed by atoms with Crippen molar-refractivity contribution in [3.63, 3.8) is 0 Å². The highest BCUT2D eigenvalue weighted by Crippen LogP contribution is 2.30. The predicted molar refractivity (Wildman–Crippen MR) is 100 cm³/mol. The first-order valence-corrected chi connectivity index (χ1v) is 8.77. The lowest BCUT2D eigenvalue weighted by molar-refractivity contribution is -0.115. The van der Waals surface area contributed by atoms with Crippen LogP contribution in [0.5, 0.6) is 0 Å². The average molecular weight is 370 g/mol. The van der Waals surface area contributed by atoms with Crippen LogP contribution in [0.1, 0.15) is 32.9 Å². The Morgan fingerprint density at radius 1 is 1.23 bits per heavy atom. The van der Waals surface area contributed by atoms with Crippen molar-refractivity contribution in [3.05, 3.63) is 57.2 Å². The fourth-order valence-corrected chi connectivity index (χ4v) is 3.74. The SMILES string of the molecule is COC(=O)c1cccc(-n2c(C)cc(/C=C3\SC(=O)NC3=O)c2C)c1C. The minimum absolute atomic E-state index is 0.364. The van der Waals surface area contributed by atoms with Crippen molar-refractivity contribution in [1.29, 1.82) is 0 Å². The molecule has 2 aromatic rings. The minimum atomic E-state index is -0.383. The molecule has 0 unspecified atom stereocenters. The van der Waals surface area contributed by atoms with Crippen LogP contribution in [0.4, 0.5) is 4.79 Å². The van der Waals surface area contributed by atoms with Crippen molar-refractivity contribution in [2.45, 2.75) is 20.8 Å². The largest absolute Gasteiger partial charge is 0.465 e. The van der Waals surface area contributed by atoms with E-state index in [0.29, 0.717) is 10.5 Å². The summed E-state index contributed by atoms with van der Waals surface area (Å²) in [5, 5.41) is 1.89. The van der Waals surface area contributed by atoms with Crippen LogP contribution in [0.25, 0.3) is 11.8 Å². The zero-order valence-corrected chi connectivity index (χ0v) is 15.7. The molecule has 0 radical (unpaired) electrons. The van der Waals surface area contributed by atoms with E-state index in [1.165, 1.54) is 7.11 Å². The second kappa shape index (κ2) is 6.84. The van der Waals surface area contributed by atoms with E-state index in [2.05, 4.69) is 5.32 Å². The van der Waals surface area contributed by atoms with Crippen LogP contribution in [-0.4, -0.2) is 28.8 Å². The van der Waals surface area contributed by atoms with Crippen molar-refractivity contribution in [2.24, 2.45) is 0 Å². The Morgan fingerprint density at radius 2 is 1.96 bits per heavy atom. The van der Waals surface area contributed by atoms with E-state index in [4.69, 9.17) is 4.74 Å². The molecule has 134 valence electrons. The number of hydrogen-bond acceptors (Lipinski definition) is 5. The number of aryl methyl sites for hydroxylation is 1. The quantitative estimate of drug-likeness (QED) is 0.661. The van der Waals surface area contributed by atoms with Gasteiger partial charge >= 0.3 is 5.97 Å². The number of carbonyl (C=O) groups is 3. The maximum absolute atomic E-state index is 12.0. The van der Waals surface area contributed by atoms with Crippen molar-refractivity contribution in [3.8, 4) is 5.69 Å². The number of amides is 2. The number of ether oxygens (including phenoxy) is 1. The van der Waals surface area contributed by atoms with Crippen LogP contribution in [0, 0.1) is 20.8 Å². The summed E-state index contributed by atoms with van der Waals surface area (Å²) < 4.78 is 6.87. The molecule has 26 heavy (non-hydrogen) atoms. The van der Waals surface area contributed by atoms with Gasteiger partial charge in [-0.15, -0.1) is 0 Å². The number of carbonyl (C=O) groups excluding carboxylic acids is 3. The Kier molecular flexibility index (Phi) is 4.73. The molecule has 1 aliphatic heterocycles. The number of aromatic nitrogens is 1. The summed E-state index contributed by atoms with van der Waals surface area (Å²) in [4.78, 5) is 35.5. The Morgan fingerprint density at radius 3 is 2.58 bits per heavy atom. The second-order valence-corrected chi connectivity index (χ2v) is 6.97. The number of esters is 1. The van der Waals surface area contributed by atoms with Gasteiger partial charge in [0.2, 0.25) is 0 Å². The van der Waals surface area contributed by atoms with Gasteiger partial charge in [-0.05, 0) is 67.9 Å². The number of methoxy groups -OCH3 is 1. The summed E-state index contributed by atoms with van der Waals surface area (Å²) in [6.07, 6.45) is 1.71. The van der Waals surface area contributed by atoms with Crippen LogP contribution >= 0.6 is 11.8 Å². The third kappa shape index (κ3) is 3.06. The first-order chi connectivity index (χ1) is 12.3. The predicted octanol–water partition coefficient (Wildman–Crippen LogP) is 3.51. The normalized spacial score (nSPS) is 15.5. The monoisotopic (exact) mass is 370 g/mol. The molecule has 1 aromatic carbocycles. The maximum Gasteiger partial charge on any atom is 0.338 e. The summed E-state index contributed by atoms with van der Waals surface area (Å²) >= 11 is 0.892. The first kappa shape index (κ1) is 18.0. The van der Waals surface area contributed by atoms with Crippen LogP contribution in [0.2, 0.25) is 0 Å². The van der Waals surface area contributed by atoms with Gasteiger partial charge in [-0.25, -0.2) is 4.79 Å². The Bertz CT molecular complexity index is 972. The van der Waals surface area contributed by atoms with Crippen LogP contribution in [0.15, 0.2) is 29.2 Å². The minimum Gasteiger partial charge on any atom is -0.465 e. The lowest BCUT2D eigenvalue weighted by atomic mass is 10.1. The zero-order valence-electron chi connectivity index (χ0n) is 14.9. The molecule has 6 nitrogen and oxygen atoms in total. The summed E-state index contributed by atoms with van der Waals surface area (Å²) in [6.45, 7) is 5.76. The molecule has 3 rings (SSSR count). The fourth-order valence-electron chi connectivity index (χ4n) is 3.06. The van der Waals surface area contributed by atoms with E-state index in [1.54, 1.807) is 12.1 Å². The van der Waals surface area contributed by atoms with Crippen molar-refractivity contribution >= 4 is 35.0 Å². The first-order valence-electron chi connectivity index (χ1n) is 7.95. The van der Waals surface area contributed by atoms with Crippen LogP contribution < -0.4 is 5.32 Å². The third-order valence-corrected chi connectivity index (χ3v) is 5.16. The molecule has 1 aromatic heterocycles. The number of rotatable bonds is 3. The summed E-state index contributed by atoms with van der Waals surface area (Å²) in [7, 11) is 1.36. The van der Waals surface area contributed by atoms with Crippen molar-refractivity contribution < 1.29 is 19.1 Å². The van der Waals surface area contributed by atoms with Gasteiger partial charge in [0.05, 0.1) is 17.6 Å². The lowest BCUT2D eigenvalue weighted by Crippen LogP contribution is -2.17. The fraction of sp³-hybridized carbons (Fsp3) is 0.211. The molecule has 2 amide bonds. The van der Waals surface area contributed by atoms with E-state index in [-0.39, 0.29) is 17.1 Å². The Balaban J connectivity index is 2.10.